The summed E-state index contributed by atoms with van der Waals surface area (Å²) in [6, 6.07) is 2.13. The predicted octanol–water partition coefficient (Wildman–Crippen LogP) is 1.87. The molecule has 6 heteroatoms. The van der Waals surface area contributed by atoms with Crippen molar-refractivity contribution in [1.82, 2.24) is 0 Å². The van der Waals surface area contributed by atoms with Gasteiger partial charge in [0.2, 0.25) is 0 Å². The second-order valence-corrected chi connectivity index (χ2v) is 5.06. The van der Waals surface area contributed by atoms with Crippen molar-refractivity contribution in [3.63, 3.8) is 0 Å². The highest BCUT2D eigenvalue weighted by Crippen LogP contribution is 2.19. The molecule has 0 amide bonds. The topological polar surface area (TPSA) is 89.6 Å². The minimum Gasteiger partial charge on any atom is -0.478 e. The second-order valence-electron chi connectivity index (χ2n) is 5.06. The Labute approximate surface area is 110 Å². The van der Waals surface area contributed by atoms with Gasteiger partial charge in [0.15, 0.2) is 0 Å². The molecule has 0 bridgehead atoms. The smallest absolute Gasteiger partial charge is 0.338 e. The highest BCUT2D eigenvalue weighted by molar-refractivity contribution is 5.88. The number of hydrogen-bond donors (Lipinski definition) is 2. The Bertz CT molecular complexity index is 508. The highest BCUT2D eigenvalue weighted by Gasteiger charge is 2.24. The van der Waals surface area contributed by atoms with E-state index in [1.54, 1.807) is 20.8 Å². The van der Waals surface area contributed by atoms with Crippen molar-refractivity contribution < 1.29 is 23.8 Å². The number of carbonyl (C=O) groups is 2. The maximum atomic E-state index is 13.5. The van der Waals surface area contributed by atoms with Gasteiger partial charge in [-0.2, -0.15) is 0 Å². The first-order valence-electron chi connectivity index (χ1n) is 5.63. The van der Waals surface area contributed by atoms with Gasteiger partial charge in [-0.1, -0.05) is 6.07 Å². The van der Waals surface area contributed by atoms with Crippen LogP contribution in [0.15, 0.2) is 18.2 Å². The number of aromatic carboxylic acids is 1. The lowest BCUT2D eigenvalue weighted by atomic mass is 10.0. The summed E-state index contributed by atoms with van der Waals surface area (Å²) in [6.45, 7) is 5.06. The number of carbonyl (C=O) groups excluding carboxylic acids is 1. The van der Waals surface area contributed by atoms with Gasteiger partial charge in [0.25, 0.3) is 0 Å². The van der Waals surface area contributed by atoms with Crippen LogP contribution in [-0.2, 0) is 9.53 Å². The average Bonchev–Trinajstić information content (AvgIpc) is 2.24. The van der Waals surface area contributed by atoms with Crippen molar-refractivity contribution >= 4 is 11.9 Å². The number of esters is 1. The van der Waals surface area contributed by atoms with Crippen LogP contribution in [0.3, 0.4) is 0 Å². The number of ether oxygens (including phenoxy) is 1. The molecule has 1 aromatic carbocycles. The molecule has 3 N–H and O–H groups in total. The molecule has 0 radical (unpaired) electrons. The van der Waals surface area contributed by atoms with E-state index in [1.165, 1.54) is 6.07 Å². The molecule has 0 aliphatic rings. The number of nitrogens with two attached hydrogens (primary N) is 1. The van der Waals surface area contributed by atoms with Crippen LogP contribution in [0, 0.1) is 5.82 Å². The molecule has 0 saturated heterocycles. The molecular weight excluding hydrogens is 253 g/mol. The molecule has 0 aromatic heterocycles. The van der Waals surface area contributed by atoms with Gasteiger partial charge in [0.1, 0.15) is 17.5 Å². The van der Waals surface area contributed by atoms with E-state index in [0.29, 0.717) is 0 Å². The lowest BCUT2D eigenvalue weighted by molar-refractivity contribution is -0.156. The lowest BCUT2D eigenvalue weighted by Gasteiger charge is -2.22. The van der Waals surface area contributed by atoms with E-state index >= 15 is 0 Å². The molecule has 0 spiro atoms. The number of benzene rings is 1. The first kappa shape index (κ1) is 15.1. The third-order valence-corrected chi connectivity index (χ3v) is 2.24. The third-order valence-electron chi connectivity index (χ3n) is 2.24. The summed E-state index contributed by atoms with van der Waals surface area (Å²) in [6.07, 6.45) is 0. The van der Waals surface area contributed by atoms with Crippen LogP contribution in [0.25, 0.3) is 0 Å². The van der Waals surface area contributed by atoms with Crippen LogP contribution in [0.5, 0.6) is 0 Å². The van der Waals surface area contributed by atoms with E-state index < -0.39 is 35.0 Å². The molecular formula is C13H16FNO4. The predicted molar refractivity (Wildman–Crippen MR) is 66.1 cm³/mol. The average molecular weight is 269 g/mol. The van der Waals surface area contributed by atoms with E-state index in [-0.39, 0.29) is 5.56 Å². The fraction of sp³-hybridized carbons (Fsp3) is 0.385. The molecule has 0 aliphatic carbocycles. The van der Waals surface area contributed by atoms with Crippen molar-refractivity contribution in [1.29, 1.82) is 0 Å². The van der Waals surface area contributed by atoms with Crippen LogP contribution < -0.4 is 5.73 Å². The van der Waals surface area contributed by atoms with Crippen LogP contribution in [-0.4, -0.2) is 22.6 Å². The number of hydrogen-bond acceptors (Lipinski definition) is 4. The first-order valence-corrected chi connectivity index (χ1v) is 5.63. The second kappa shape index (κ2) is 5.36. The number of carboxylic acid groups (broad SMARTS) is 1. The Morgan fingerprint density at radius 1 is 1.37 bits per heavy atom. The van der Waals surface area contributed by atoms with Crippen molar-refractivity contribution in [3.8, 4) is 0 Å². The van der Waals surface area contributed by atoms with Crippen molar-refractivity contribution in [2.24, 2.45) is 5.73 Å². The van der Waals surface area contributed by atoms with Gasteiger partial charge < -0.3 is 15.6 Å². The summed E-state index contributed by atoms with van der Waals surface area (Å²) in [5, 5.41) is 8.69. The van der Waals surface area contributed by atoms with Gasteiger partial charge in [0, 0.05) is 0 Å². The quantitative estimate of drug-likeness (QED) is 0.817. The molecule has 1 unspecified atom stereocenters. The summed E-state index contributed by atoms with van der Waals surface area (Å²) in [5.41, 5.74) is 4.64. The minimum atomic E-state index is -1.38. The molecule has 1 atom stereocenters. The Kier molecular flexibility index (Phi) is 4.26. The fourth-order valence-electron chi connectivity index (χ4n) is 1.40. The Balaban J connectivity index is 2.95. The molecule has 0 fully saturated rings. The zero-order valence-electron chi connectivity index (χ0n) is 10.9. The highest BCUT2D eigenvalue weighted by atomic mass is 19.1. The normalized spacial score (nSPS) is 12.9. The summed E-state index contributed by atoms with van der Waals surface area (Å²) in [7, 11) is 0. The SMILES string of the molecule is CC(C)(C)OC(=O)C(N)c1ccc(C(=O)O)c(F)c1. The largest absolute Gasteiger partial charge is 0.478 e. The minimum absolute atomic E-state index is 0.164. The van der Waals surface area contributed by atoms with Gasteiger partial charge in [-0.25, -0.2) is 14.0 Å². The maximum absolute atomic E-state index is 13.5. The monoisotopic (exact) mass is 269 g/mol. The van der Waals surface area contributed by atoms with Crippen LogP contribution in [0.1, 0.15) is 42.7 Å². The van der Waals surface area contributed by atoms with Crippen LogP contribution >= 0.6 is 0 Å². The molecule has 19 heavy (non-hydrogen) atoms. The summed E-state index contributed by atoms with van der Waals surface area (Å²) < 4.78 is 18.5. The van der Waals surface area contributed by atoms with Gasteiger partial charge in [-0.3, -0.25) is 0 Å². The van der Waals surface area contributed by atoms with Crippen molar-refractivity contribution in [3.05, 3.63) is 35.1 Å². The fourth-order valence-corrected chi connectivity index (χ4v) is 1.40. The van der Waals surface area contributed by atoms with E-state index in [4.69, 9.17) is 15.6 Å². The van der Waals surface area contributed by atoms with Gasteiger partial charge in [0.05, 0.1) is 5.56 Å². The van der Waals surface area contributed by atoms with E-state index in [1.807, 2.05) is 0 Å². The lowest BCUT2D eigenvalue weighted by Crippen LogP contribution is -2.31. The zero-order valence-corrected chi connectivity index (χ0v) is 10.9. The van der Waals surface area contributed by atoms with E-state index in [0.717, 1.165) is 12.1 Å². The standard InChI is InChI=1S/C13H16FNO4/c1-13(2,3)19-12(18)10(15)7-4-5-8(11(16)17)9(14)6-7/h4-6,10H,15H2,1-3H3,(H,16,17). The number of carboxylic acids is 1. The van der Waals surface area contributed by atoms with E-state index in [2.05, 4.69) is 0 Å². The van der Waals surface area contributed by atoms with E-state index in [9.17, 15) is 14.0 Å². The van der Waals surface area contributed by atoms with Crippen molar-refractivity contribution in [2.75, 3.05) is 0 Å². The Hall–Kier alpha value is -1.95. The van der Waals surface area contributed by atoms with Crippen molar-refractivity contribution in [2.45, 2.75) is 32.4 Å². The zero-order chi connectivity index (χ0) is 14.8. The third kappa shape index (κ3) is 4.03. The molecule has 1 rings (SSSR count). The Morgan fingerprint density at radius 2 is 1.95 bits per heavy atom. The Morgan fingerprint density at radius 3 is 2.37 bits per heavy atom. The summed E-state index contributed by atoms with van der Waals surface area (Å²) in [5.74, 6) is -3.02. The first-order chi connectivity index (χ1) is 8.61. The maximum Gasteiger partial charge on any atom is 0.338 e. The molecule has 1 aromatic rings. The molecule has 0 aliphatic heterocycles. The molecule has 0 heterocycles. The summed E-state index contributed by atoms with van der Waals surface area (Å²) >= 11 is 0. The van der Waals surface area contributed by atoms with Crippen LogP contribution in [0.2, 0.25) is 0 Å². The molecule has 0 saturated carbocycles. The van der Waals surface area contributed by atoms with Gasteiger partial charge in [-0.15, -0.1) is 0 Å². The molecule has 5 nitrogen and oxygen atoms in total. The van der Waals surface area contributed by atoms with Gasteiger partial charge >= 0.3 is 11.9 Å². The number of halogens is 1. The number of rotatable bonds is 3. The molecule has 104 valence electrons. The summed E-state index contributed by atoms with van der Waals surface area (Å²) in [4.78, 5) is 22.4. The van der Waals surface area contributed by atoms with Gasteiger partial charge in [-0.05, 0) is 38.5 Å². The van der Waals surface area contributed by atoms with Crippen LogP contribution in [0.4, 0.5) is 4.39 Å².